The van der Waals surface area contributed by atoms with E-state index in [0.717, 1.165) is 38.9 Å². The van der Waals surface area contributed by atoms with Gasteiger partial charge in [0.2, 0.25) is 0 Å². The topological polar surface area (TPSA) is 52.7 Å². The fourth-order valence-corrected chi connectivity index (χ4v) is 2.60. The predicted octanol–water partition coefficient (Wildman–Crippen LogP) is 1.60. The Hall–Kier alpha value is -1.88. The Kier molecular flexibility index (Phi) is 5.95. The summed E-state index contributed by atoms with van der Waals surface area (Å²) in [5, 5.41) is 2.90. The largest absolute Gasteiger partial charge is 0.352 e. The number of nitrogens with zero attached hydrogens (tertiary/aromatic N) is 2. The second kappa shape index (κ2) is 7.94. The molecule has 1 aliphatic rings. The molecule has 0 spiro atoms. The average molecular weight is 303 g/mol. The third-order valence-corrected chi connectivity index (χ3v) is 3.83. The molecule has 0 aromatic heterocycles. The lowest BCUT2D eigenvalue weighted by Crippen LogP contribution is -2.29. The maximum Gasteiger partial charge on any atom is 0.253 e. The minimum atomic E-state index is -0.116. The number of hydrogen-bond donors (Lipinski definition) is 1. The molecule has 1 aromatic rings. The highest BCUT2D eigenvalue weighted by Crippen LogP contribution is 2.14. The van der Waals surface area contributed by atoms with Gasteiger partial charge in [-0.05, 0) is 58.1 Å². The smallest absolute Gasteiger partial charge is 0.253 e. The standard InChI is InChI=1S/C17H25N3O2/c1-19(2)10-6-9-18-16(21)14-7-5-8-15(13-14)17(22)20-11-3-4-12-20/h5,7-8,13H,3-4,6,9-12H2,1-2H3,(H,18,21). The number of benzene rings is 1. The molecular weight excluding hydrogens is 278 g/mol. The van der Waals surface area contributed by atoms with Gasteiger partial charge in [-0.25, -0.2) is 0 Å². The SMILES string of the molecule is CN(C)CCCNC(=O)c1cccc(C(=O)N2CCCC2)c1. The maximum absolute atomic E-state index is 12.3. The second-order valence-electron chi connectivity index (χ2n) is 5.99. The van der Waals surface area contributed by atoms with Crippen molar-refractivity contribution in [2.45, 2.75) is 19.3 Å². The van der Waals surface area contributed by atoms with Gasteiger partial charge in [-0.15, -0.1) is 0 Å². The molecule has 1 aliphatic heterocycles. The van der Waals surface area contributed by atoms with Gasteiger partial charge in [-0.2, -0.15) is 0 Å². The summed E-state index contributed by atoms with van der Waals surface area (Å²) in [4.78, 5) is 28.4. The van der Waals surface area contributed by atoms with Crippen molar-refractivity contribution < 1.29 is 9.59 Å². The van der Waals surface area contributed by atoms with E-state index in [1.54, 1.807) is 24.3 Å². The molecular formula is C17H25N3O2. The molecule has 1 saturated heterocycles. The van der Waals surface area contributed by atoms with Crippen molar-refractivity contribution in [3.05, 3.63) is 35.4 Å². The summed E-state index contributed by atoms with van der Waals surface area (Å²) in [7, 11) is 4.02. The third kappa shape index (κ3) is 4.56. The summed E-state index contributed by atoms with van der Waals surface area (Å²) < 4.78 is 0. The zero-order valence-electron chi connectivity index (χ0n) is 13.5. The molecule has 5 heteroatoms. The Morgan fingerprint density at radius 2 is 1.86 bits per heavy atom. The predicted molar refractivity (Wildman–Crippen MR) is 87.1 cm³/mol. The molecule has 5 nitrogen and oxygen atoms in total. The molecule has 1 heterocycles. The fraction of sp³-hybridized carbons (Fsp3) is 0.529. The first-order chi connectivity index (χ1) is 10.6. The van der Waals surface area contributed by atoms with Crippen molar-refractivity contribution in [3.63, 3.8) is 0 Å². The molecule has 2 amide bonds. The zero-order valence-corrected chi connectivity index (χ0v) is 13.5. The number of rotatable bonds is 6. The second-order valence-corrected chi connectivity index (χ2v) is 5.99. The van der Waals surface area contributed by atoms with Crippen molar-refractivity contribution in [1.82, 2.24) is 15.1 Å². The van der Waals surface area contributed by atoms with Crippen LogP contribution in [0, 0.1) is 0 Å². The first kappa shape index (κ1) is 16.5. The van der Waals surface area contributed by atoms with Crippen LogP contribution in [0.1, 0.15) is 40.0 Å². The van der Waals surface area contributed by atoms with Gasteiger partial charge in [0.15, 0.2) is 0 Å². The maximum atomic E-state index is 12.3. The third-order valence-electron chi connectivity index (χ3n) is 3.83. The summed E-state index contributed by atoms with van der Waals surface area (Å²) in [5.74, 6) is -0.0883. The van der Waals surface area contributed by atoms with Gasteiger partial charge in [-0.3, -0.25) is 9.59 Å². The van der Waals surface area contributed by atoms with Crippen molar-refractivity contribution in [1.29, 1.82) is 0 Å². The van der Waals surface area contributed by atoms with E-state index >= 15 is 0 Å². The molecule has 1 fully saturated rings. The minimum Gasteiger partial charge on any atom is -0.352 e. The summed E-state index contributed by atoms with van der Waals surface area (Å²) >= 11 is 0. The van der Waals surface area contributed by atoms with Crippen LogP contribution < -0.4 is 5.32 Å². The van der Waals surface area contributed by atoms with Gasteiger partial charge < -0.3 is 15.1 Å². The van der Waals surface area contributed by atoms with Crippen LogP contribution in [0.5, 0.6) is 0 Å². The summed E-state index contributed by atoms with van der Waals surface area (Å²) in [6.45, 7) is 3.22. The Balaban J connectivity index is 1.92. The number of carbonyl (C=O) groups excluding carboxylic acids is 2. The first-order valence-electron chi connectivity index (χ1n) is 7.90. The summed E-state index contributed by atoms with van der Waals surface area (Å²) in [6.07, 6.45) is 3.04. The summed E-state index contributed by atoms with van der Waals surface area (Å²) in [6, 6.07) is 7.01. The lowest BCUT2D eigenvalue weighted by atomic mass is 10.1. The van der Waals surface area contributed by atoms with Crippen LogP contribution in [-0.4, -0.2) is 61.9 Å². The Morgan fingerprint density at radius 1 is 1.18 bits per heavy atom. The van der Waals surface area contributed by atoms with Crippen LogP contribution in [0.2, 0.25) is 0 Å². The van der Waals surface area contributed by atoms with E-state index < -0.39 is 0 Å². The average Bonchev–Trinajstić information content (AvgIpc) is 3.05. The van der Waals surface area contributed by atoms with Crippen LogP contribution in [0.4, 0.5) is 0 Å². The Morgan fingerprint density at radius 3 is 2.55 bits per heavy atom. The number of hydrogen-bond acceptors (Lipinski definition) is 3. The molecule has 0 bridgehead atoms. The normalized spacial score (nSPS) is 14.4. The van der Waals surface area contributed by atoms with Gasteiger partial charge in [0, 0.05) is 30.8 Å². The van der Waals surface area contributed by atoms with E-state index in [1.165, 1.54) is 0 Å². The van der Waals surface area contributed by atoms with Gasteiger partial charge in [0.05, 0.1) is 0 Å². The molecule has 0 unspecified atom stereocenters. The Labute approximate surface area is 132 Å². The number of carbonyl (C=O) groups is 2. The first-order valence-corrected chi connectivity index (χ1v) is 7.90. The van der Waals surface area contributed by atoms with E-state index in [4.69, 9.17) is 0 Å². The molecule has 22 heavy (non-hydrogen) atoms. The fourth-order valence-electron chi connectivity index (χ4n) is 2.60. The molecule has 1 N–H and O–H groups in total. The van der Waals surface area contributed by atoms with Crippen LogP contribution in [0.3, 0.4) is 0 Å². The van der Waals surface area contributed by atoms with Crippen molar-refractivity contribution >= 4 is 11.8 Å². The van der Waals surface area contributed by atoms with E-state index in [1.807, 2.05) is 19.0 Å². The summed E-state index contributed by atoms with van der Waals surface area (Å²) in [5.41, 5.74) is 1.15. The number of amides is 2. The van der Waals surface area contributed by atoms with Crippen molar-refractivity contribution in [2.75, 3.05) is 40.3 Å². The lowest BCUT2D eigenvalue weighted by molar-refractivity contribution is 0.0793. The van der Waals surface area contributed by atoms with Crippen molar-refractivity contribution in [3.8, 4) is 0 Å². The van der Waals surface area contributed by atoms with E-state index in [2.05, 4.69) is 10.2 Å². The van der Waals surface area contributed by atoms with Gasteiger partial charge in [0.25, 0.3) is 11.8 Å². The highest BCUT2D eigenvalue weighted by molar-refractivity contribution is 5.99. The molecule has 120 valence electrons. The van der Waals surface area contributed by atoms with E-state index in [9.17, 15) is 9.59 Å². The van der Waals surface area contributed by atoms with Crippen LogP contribution >= 0.6 is 0 Å². The monoisotopic (exact) mass is 303 g/mol. The van der Waals surface area contributed by atoms with Crippen LogP contribution in [0.15, 0.2) is 24.3 Å². The highest BCUT2D eigenvalue weighted by Gasteiger charge is 2.20. The van der Waals surface area contributed by atoms with E-state index in [-0.39, 0.29) is 11.8 Å². The van der Waals surface area contributed by atoms with Crippen LogP contribution in [-0.2, 0) is 0 Å². The van der Waals surface area contributed by atoms with E-state index in [0.29, 0.717) is 17.7 Å². The lowest BCUT2D eigenvalue weighted by Gasteiger charge is -2.15. The molecule has 0 saturated carbocycles. The highest BCUT2D eigenvalue weighted by atomic mass is 16.2. The number of nitrogens with one attached hydrogen (secondary N) is 1. The molecule has 0 atom stereocenters. The Bertz CT molecular complexity index is 522. The zero-order chi connectivity index (χ0) is 15.9. The van der Waals surface area contributed by atoms with Gasteiger partial charge in [-0.1, -0.05) is 6.07 Å². The van der Waals surface area contributed by atoms with Crippen LogP contribution in [0.25, 0.3) is 0 Å². The minimum absolute atomic E-state index is 0.0276. The molecule has 2 rings (SSSR count). The number of likely N-dealkylation sites (tertiary alicyclic amines) is 1. The molecule has 0 aliphatic carbocycles. The molecule has 1 aromatic carbocycles. The quantitative estimate of drug-likeness (QED) is 0.812. The van der Waals surface area contributed by atoms with Crippen molar-refractivity contribution in [2.24, 2.45) is 0 Å². The van der Waals surface area contributed by atoms with Gasteiger partial charge >= 0.3 is 0 Å². The van der Waals surface area contributed by atoms with Gasteiger partial charge in [0.1, 0.15) is 0 Å². The molecule has 0 radical (unpaired) electrons.